The van der Waals surface area contributed by atoms with Crippen molar-refractivity contribution < 1.29 is 40.7 Å². The van der Waals surface area contributed by atoms with Gasteiger partial charge in [0.05, 0.1) is 23.4 Å². The van der Waals surface area contributed by atoms with Gasteiger partial charge in [-0.3, -0.25) is 9.48 Å². The van der Waals surface area contributed by atoms with Crippen molar-refractivity contribution in [1.82, 2.24) is 24.9 Å². The maximum Gasteiger partial charge on any atom is 0.416 e. The van der Waals surface area contributed by atoms with Gasteiger partial charge in [0.2, 0.25) is 0 Å². The Morgan fingerprint density at radius 2 is 1.68 bits per heavy atom. The molecule has 4 rings (SSSR count). The van der Waals surface area contributed by atoms with Gasteiger partial charge in [-0.2, -0.15) is 31.4 Å². The summed E-state index contributed by atoms with van der Waals surface area (Å²) in [7, 11) is 1.83. The largest absolute Gasteiger partial charge is 0.445 e. The quantitative estimate of drug-likeness (QED) is 0.604. The molecule has 37 heavy (non-hydrogen) atoms. The molecule has 8 nitrogen and oxygen atoms in total. The summed E-state index contributed by atoms with van der Waals surface area (Å²) in [5.41, 5.74) is -2.59. The molecule has 0 saturated carbocycles. The lowest BCUT2D eigenvalue weighted by molar-refractivity contribution is -0.143. The van der Waals surface area contributed by atoms with Crippen LogP contribution in [-0.4, -0.2) is 64.3 Å². The van der Waals surface area contributed by atoms with E-state index in [2.05, 4.69) is 10.4 Å². The maximum atomic E-state index is 13.1. The highest BCUT2D eigenvalue weighted by Gasteiger charge is 2.37. The summed E-state index contributed by atoms with van der Waals surface area (Å²) in [6.45, 7) is 1.06. The van der Waals surface area contributed by atoms with Gasteiger partial charge in [-0.15, -0.1) is 0 Å². The van der Waals surface area contributed by atoms with Crippen LogP contribution in [0.3, 0.4) is 0 Å². The number of rotatable bonds is 4. The van der Waals surface area contributed by atoms with Gasteiger partial charge >= 0.3 is 18.4 Å². The molecule has 0 spiro atoms. The maximum absolute atomic E-state index is 13.1. The van der Waals surface area contributed by atoms with Crippen molar-refractivity contribution in [3.8, 4) is 0 Å². The molecular formula is C23H25F6N5O3. The van der Waals surface area contributed by atoms with E-state index in [-0.39, 0.29) is 36.8 Å². The SMILES string of the molecule is CNC1CCN(C(=O)c2cc3n(n2)CCCN(C(=O)OCc2cc(C(F)(F)F)cc(C(F)(F)F)c2)C3)C1. The van der Waals surface area contributed by atoms with E-state index in [0.29, 0.717) is 43.9 Å². The highest BCUT2D eigenvalue weighted by atomic mass is 19.4. The van der Waals surface area contributed by atoms with Crippen molar-refractivity contribution in [2.45, 2.75) is 50.9 Å². The molecule has 202 valence electrons. The number of carbonyl (C=O) groups excluding carboxylic acids is 2. The fraction of sp³-hybridized carbons (Fsp3) is 0.522. The van der Waals surface area contributed by atoms with E-state index in [1.165, 1.54) is 4.90 Å². The average Bonchev–Trinajstić information content (AvgIpc) is 3.43. The summed E-state index contributed by atoms with van der Waals surface area (Å²) in [5, 5.41) is 7.50. The van der Waals surface area contributed by atoms with Gasteiger partial charge < -0.3 is 19.9 Å². The third-order valence-electron chi connectivity index (χ3n) is 6.38. The molecule has 1 aromatic carbocycles. The Bertz CT molecular complexity index is 1130. The summed E-state index contributed by atoms with van der Waals surface area (Å²) in [4.78, 5) is 28.5. The lowest BCUT2D eigenvalue weighted by Crippen LogP contribution is -2.33. The Labute approximate surface area is 208 Å². The van der Waals surface area contributed by atoms with Crippen molar-refractivity contribution in [1.29, 1.82) is 0 Å². The zero-order valence-electron chi connectivity index (χ0n) is 19.8. The number of fused-ring (bicyclic) bond motifs is 1. The minimum atomic E-state index is -5.00. The lowest BCUT2D eigenvalue weighted by Gasteiger charge is -2.20. The van der Waals surface area contributed by atoms with E-state index in [4.69, 9.17) is 4.74 Å². The second kappa shape index (κ2) is 10.2. The predicted molar refractivity (Wildman–Crippen MR) is 117 cm³/mol. The number of nitrogens with one attached hydrogen (secondary N) is 1. The van der Waals surface area contributed by atoms with Crippen molar-refractivity contribution in [2.75, 3.05) is 26.7 Å². The van der Waals surface area contributed by atoms with Gasteiger partial charge in [-0.05, 0) is 49.7 Å². The number of benzene rings is 1. The smallest absolute Gasteiger partial charge is 0.416 e. The monoisotopic (exact) mass is 533 g/mol. The van der Waals surface area contributed by atoms with Crippen LogP contribution in [0, 0.1) is 0 Å². The van der Waals surface area contributed by atoms with Crippen LogP contribution in [0.5, 0.6) is 0 Å². The highest BCUT2D eigenvalue weighted by molar-refractivity contribution is 5.92. The molecule has 1 saturated heterocycles. The summed E-state index contributed by atoms with van der Waals surface area (Å²) in [6.07, 6.45) is -9.61. The Morgan fingerprint density at radius 3 is 2.27 bits per heavy atom. The van der Waals surface area contributed by atoms with E-state index in [1.807, 2.05) is 7.05 Å². The van der Waals surface area contributed by atoms with Crippen LogP contribution < -0.4 is 5.32 Å². The van der Waals surface area contributed by atoms with Gasteiger partial charge in [-0.1, -0.05) is 0 Å². The molecule has 1 N–H and O–H groups in total. The topological polar surface area (TPSA) is 79.7 Å². The number of aryl methyl sites for hydroxylation is 1. The van der Waals surface area contributed by atoms with E-state index in [1.54, 1.807) is 15.6 Å². The summed E-state index contributed by atoms with van der Waals surface area (Å²) in [6, 6.07) is 2.85. The summed E-state index contributed by atoms with van der Waals surface area (Å²) < 4.78 is 85.2. The Morgan fingerprint density at radius 1 is 1.00 bits per heavy atom. The normalized spacial score (nSPS) is 18.5. The first-order valence-corrected chi connectivity index (χ1v) is 11.6. The van der Waals surface area contributed by atoms with E-state index < -0.39 is 41.7 Å². The second-order valence-corrected chi connectivity index (χ2v) is 9.01. The molecule has 2 aliphatic rings. The molecule has 2 aliphatic heterocycles. The number of halogens is 6. The zero-order valence-corrected chi connectivity index (χ0v) is 19.8. The van der Waals surface area contributed by atoms with Gasteiger partial charge in [0.25, 0.3) is 5.91 Å². The third-order valence-corrected chi connectivity index (χ3v) is 6.38. The fourth-order valence-corrected chi connectivity index (χ4v) is 4.40. The van der Waals surface area contributed by atoms with Crippen LogP contribution in [0.15, 0.2) is 24.3 Å². The van der Waals surface area contributed by atoms with Crippen LogP contribution in [-0.2, 0) is 36.8 Å². The molecule has 1 atom stereocenters. The number of hydrogen-bond acceptors (Lipinski definition) is 5. The Kier molecular flexibility index (Phi) is 7.40. The molecule has 2 amide bonds. The standard InChI is InChI=1S/C23H25F6N5O3/c1-30-17-3-6-32(11-17)20(35)19-10-18-12-33(4-2-5-34(18)31-19)21(36)37-13-14-7-15(22(24,25)26)9-16(8-14)23(27,28)29/h7-10,17,30H,2-6,11-13H2,1H3. The second-order valence-electron chi connectivity index (χ2n) is 9.01. The van der Waals surface area contributed by atoms with Gasteiger partial charge in [0, 0.05) is 32.2 Å². The first kappa shape index (κ1) is 26.8. The van der Waals surface area contributed by atoms with Crippen molar-refractivity contribution >= 4 is 12.0 Å². The number of carbonyl (C=O) groups is 2. The molecular weight excluding hydrogens is 508 g/mol. The van der Waals surface area contributed by atoms with E-state index in [9.17, 15) is 35.9 Å². The number of nitrogens with zero attached hydrogens (tertiary/aromatic N) is 4. The highest BCUT2D eigenvalue weighted by Crippen LogP contribution is 2.36. The van der Waals surface area contributed by atoms with E-state index in [0.717, 1.165) is 6.42 Å². The van der Waals surface area contributed by atoms with E-state index >= 15 is 0 Å². The Hall–Kier alpha value is -3.29. The number of likely N-dealkylation sites (N-methyl/N-ethyl adjacent to an activating group) is 1. The minimum Gasteiger partial charge on any atom is -0.445 e. The first-order valence-electron chi connectivity index (χ1n) is 11.6. The van der Waals surface area contributed by atoms with Gasteiger partial charge in [0.15, 0.2) is 5.69 Å². The first-order chi connectivity index (χ1) is 17.3. The zero-order chi connectivity index (χ0) is 27.0. The van der Waals surface area contributed by atoms with Crippen molar-refractivity contribution in [3.05, 3.63) is 52.3 Å². The number of aromatic nitrogens is 2. The number of alkyl halides is 6. The average molecular weight is 533 g/mol. The predicted octanol–water partition coefficient (Wildman–Crippen LogP) is 3.90. The molecule has 14 heteroatoms. The van der Waals surface area contributed by atoms with Crippen molar-refractivity contribution in [2.24, 2.45) is 0 Å². The molecule has 0 bridgehead atoms. The molecule has 3 heterocycles. The molecule has 0 radical (unpaired) electrons. The van der Waals surface area contributed by atoms with Crippen LogP contribution in [0.25, 0.3) is 0 Å². The Balaban J connectivity index is 1.43. The molecule has 1 unspecified atom stereocenters. The van der Waals surface area contributed by atoms with Gasteiger partial charge in [0.1, 0.15) is 6.61 Å². The fourth-order valence-electron chi connectivity index (χ4n) is 4.40. The minimum absolute atomic E-state index is 0.0151. The summed E-state index contributed by atoms with van der Waals surface area (Å²) >= 11 is 0. The van der Waals surface area contributed by atoms with Gasteiger partial charge in [-0.25, -0.2) is 4.79 Å². The molecule has 1 fully saturated rings. The number of likely N-dealkylation sites (tertiary alicyclic amines) is 1. The van der Waals surface area contributed by atoms with Crippen molar-refractivity contribution in [3.63, 3.8) is 0 Å². The van der Waals surface area contributed by atoms with Crippen LogP contribution >= 0.6 is 0 Å². The summed E-state index contributed by atoms with van der Waals surface area (Å²) in [5.74, 6) is -0.225. The molecule has 1 aromatic heterocycles. The number of hydrogen-bond donors (Lipinski definition) is 1. The van der Waals surface area contributed by atoms with Crippen LogP contribution in [0.4, 0.5) is 31.1 Å². The third kappa shape index (κ3) is 6.17. The molecule has 0 aliphatic carbocycles. The number of ether oxygens (including phenoxy) is 1. The number of amides is 2. The molecule has 2 aromatic rings. The van der Waals surface area contributed by atoms with Crippen LogP contribution in [0.1, 0.15) is 45.7 Å². The lowest BCUT2D eigenvalue weighted by atomic mass is 10.1. The van der Waals surface area contributed by atoms with Crippen LogP contribution in [0.2, 0.25) is 0 Å².